The minimum atomic E-state index is -1.01. The summed E-state index contributed by atoms with van der Waals surface area (Å²) in [4.78, 5) is 21.8. The Morgan fingerprint density at radius 3 is 3.03 bits per heavy atom. The maximum atomic E-state index is 12.9. The molecule has 2 atom stereocenters. The van der Waals surface area contributed by atoms with Gasteiger partial charge >= 0.3 is 0 Å². The maximum Gasteiger partial charge on any atom is 0.274 e. The number of rotatable bonds is 5. The van der Waals surface area contributed by atoms with Crippen molar-refractivity contribution < 1.29 is 13.9 Å². The lowest BCUT2D eigenvalue weighted by Crippen LogP contribution is -2.38. The Labute approximate surface area is 194 Å². The first-order valence-electron chi connectivity index (χ1n) is 10.8. The van der Waals surface area contributed by atoms with E-state index in [4.69, 9.17) is 4.52 Å². The van der Waals surface area contributed by atoms with Crippen LogP contribution in [0.1, 0.15) is 40.7 Å². The van der Waals surface area contributed by atoms with Gasteiger partial charge in [-0.15, -0.1) is 4.31 Å². The molecule has 5 rings (SSSR count). The van der Waals surface area contributed by atoms with Gasteiger partial charge in [0.1, 0.15) is 17.6 Å². The van der Waals surface area contributed by atoms with Gasteiger partial charge in [0, 0.05) is 35.4 Å². The van der Waals surface area contributed by atoms with Gasteiger partial charge in [-0.3, -0.25) is 9.20 Å². The van der Waals surface area contributed by atoms with Crippen LogP contribution in [0, 0.1) is 6.92 Å². The number of aromatic nitrogens is 4. The summed E-state index contributed by atoms with van der Waals surface area (Å²) in [5, 5.41) is 7.14. The summed E-state index contributed by atoms with van der Waals surface area (Å²) in [5.41, 5.74) is 3.49. The van der Waals surface area contributed by atoms with E-state index in [-0.39, 0.29) is 11.8 Å². The predicted octanol–water partition coefficient (Wildman–Crippen LogP) is 3.42. The first-order valence-corrected chi connectivity index (χ1v) is 12.3. The second-order valence-corrected chi connectivity index (χ2v) is 9.53. The van der Waals surface area contributed by atoms with Gasteiger partial charge in [-0.25, -0.2) is 4.98 Å². The number of aryl methyl sites for hydroxylation is 1. The third-order valence-electron chi connectivity index (χ3n) is 5.93. The summed E-state index contributed by atoms with van der Waals surface area (Å²) in [7, 11) is 0. The summed E-state index contributed by atoms with van der Waals surface area (Å²) < 4.78 is 21.1. The molecule has 170 valence electrons. The first kappa shape index (κ1) is 21.6. The number of hydrogen-bond donors (Lipinski definition) is 1. The van der Waals surface area contributed by atoms with E-state index >= 15 is 0 Å². The average molecular weight is 465 g/mol. The Bertz CT molecular complexity index is 1300. The molecule has 3 aromatic heterocycles. The van der Waals surface area contributed by atoms with E-state index in [2.05, 4.69) is 20.4 Å². The number of carbonyl (C=O) groups is 1. The monoisotopic (exact) mass is 464 g/mol. The molecule has 1 N–H and O–H groups in total. The molecule has 4 aromatic rings. The third-order valence-corrected chi connectivity index (χ3v) is 6.99. The number of pyridine rings is 1. The van der Waals surface area contributed by atoms with Crippen LogP contribution in [-0.2, 0) is 11.4 Å². The van der Waals surface area contributed by atoms with E-state index in [9.17, 15) is 9.35 Å². The fraction of sp³-hybridized carbons (Fsp3) is 0.304. The van der Waals surface area contributed by atoms with E-state index in [1.807, 2.05) is 53.8 Å². The highest BCUT2D eigenvalue weighted by Gasteiger charge is 2.30. The topological polar surface area (TPSA) is 112 Å². The fourth-order valence-electron chi connectivity index (χ4n) is 4.08. The molecule has 4 heterocycles. The van der Waals surface area contributed by atoms with Crippen molar-refractivity contribution in [3.63, 3.8) is 0 Å². The Morgan fingerprint density at radius 1 is 1.30 bits per heavy atom. The Hall–Kier alpha value is -3.21. The van der Waals surface area contributed by atoms with Gasteiger partial charge in [-0.2, -0.15) is 4.98 Å². The van der Waals surface area contributed by atoms with Crippen LogP contribution < -0.4 is 5.32 Å². The number of fused-ring (bicyclic) bond motifs is 1. The molecule has 1 aromatic carbocycles. The van der Waals surface area contributed by atoms with Gasteiger partial charge in [0.25, 0.3) is 5.91 Å². The fourth-order valence-corrected chi connectivity index (χ4v) is 4.85. The molecule has 9 nitrogen and oxygen atoms in total. The predicted molar refractivity (Wildman–Crippen MR) is 125 cm³/mol. The molecule has 1 fully saturated rings. The van der Waals surface area contributed by atoms with Crippen molar-refractivity contribution in [1.29, 1.82) is 0 Å². The smallest absolute Gasteiger partial charge is 0.274 e. The summed E-state index contributed by atoms with van der Waals surface area (Å²) >= 11 is -1.01. The zero-order valence-corrected chi connectivity index (χ0v) is 19.2. The van der Waals surface area contributed by atoms with Crippen molar-refractivity contribution in [3.8, 4) is 11.4 Å². The Morgan fingerprint density at radius 2 is 2.18 bits per heavy atom. The van der Waals surface area contributed by atoms with Gasteiger partial charge in [0.15, 0.2) is 0 Å². The van der Waals surface area contributed by atoms with E-state index < -0.39 is 11.4 Å². The lowest BCUT2D eigenvalue weighted by atomic mass is 10.00. The number of anilines is 1. The van der Waals surface area contributed by atoms with Crippen LogP contribution in [0.2, 0.25) is 0 Å². The minimum absolute atomic E-state index is 0.0590. The van der Waals surface area contributed by atoms with E-state index in [1.54, 1.807) is 16.9 Å². The molecule has 10 heteroatoms. The van der Waals surface area contributed by atoms with E-state index in [0.717, 1.165) is 30.5 Å². The molecule has 0 spiro atoms. The summed E-state index contributed by atoms with van der Waals surface area (Å²) in [6.45, 7) is 3.38. The summed E-state index contributed by atoms with van der Waals surface area (Å²) in [5.74, 6) is 0.823. The van der Waals surface area contributed by atoms with E-state index in [0.29, 0.717) is 35.3 Å². The van der Waals surface area contributed by atoms with Gasteiger partial charge in [-0.05, 0) is 43.5 Å². The number of hydrogen-bond acceptors (Lipinski definition) is 7. The van der Waals surface area contributed by atoms with Gasteiger partial charge < -0.3 is 14.4 Å². The highest BCUT2D eigenvalue weighted by atomic mass is 32.2. The molecular weight excluding hydrogens is 440 g/mol. The lowest BCUT2D eigenvalue weighted by molar-refractivity contribution is 0.102. The Balaban J connectivity index is 1.36. The zero-order valence-electron chi connectivity index (χ0n) is 18.4. The van der Waals surface area contributed by atoms with Crippen molar-refractivity contribution in [2.45, 2.75) is 25.7 Å². The molecule has 0 bridgehead atoms. The van der Waals surface area contributed by atoms with E-state index in [1.165, 1.54) is 0 Å². The largest absolute Gasteiger partial charge is 0.598 e. The van der Waals surface area contributed by atoms with Crippen LogP contribution in [0.4, 0.5) is 5.69 Å². The molecule has 0 aliphatic carbocycles. The molecule has 0 saturated carbocycles. The SMILES string of the molecule is Cc1ccc(-c2noc(C3CCCN([S+](C)[O-])C3)n2)cc1NC(=O)c1cnc2ccccn12. The first-order chi connectivity index (χ1) is 16.0. The highest BCUT2D eigenvalue weighted by Crippen LogP contribution is 2.30. The molecule has 1 amide bonds. The maximum absolute atomic E-state index is 12.9. The van der Waals surface area contributed by atoms with Crippen LogP contribution in [-0.4, -0.2) is 53.6 Å². The number of imidazole rings is 1. The number of piperidine rings is 1. The third kappa shape index (κ3) is 4.37. The number of benzene rings is 1. The molecule has 1 aliphatic rings. The minimum Gasteiger partial charge on any atom is -0.598 e. The molecule has 33 heavy (non-hydrogen) atoms. The number of nitrogens with one attached hydrogen (secondary N) is 1. The lowest BCUT2D eigenvalue weighted by Gasteiger charge is -2.29. The van der Waals surface area contributed by atoms with Crippen molar-refractivity contribution >= 4 is 28.6 Å². The van der Waals surface area contributed by atoms with Gasteiger partial charge in [0.2, 0.25) is 11.7 Å². The van der Waals surface area contributed by atoms with Crippen LogP contribution in [0.3, 0.4) is 0 Å². The quantitative estimate of drug-likeness (QED) is 0.451. The molecule has 0 radical (unpaired) electrons. The van der Waals surface area contributed by atoms with Gasteiger partial charge in [0.05, 0.1) is 18.7 Å². The molecule has 1 aliphatic heterocycles. The van der Waals surface area contributed by atoms with Crippen LogP contribution in [0.25, 0.3) is 17.0 Å². The average Bonchev–Trinajstić information content (AvgIpc) is 3.48. The van der Waals surface area contributed by atoms with Gasteiger partial charge in [-0.1, -0.05) is 23.4 Å². The van der Waals surface area contributed by atoms with Crippen molar-refractivity contribution in [2.24, 2.45) is 0 Å². The van der Waals surface area contributed by atoms with Crippen LogP contribution >= 0.6 is 0 Å². The van der Waals surface area contributed by atoms with Crippen molar-refractivity contribution in [3.05, 3.63) is 65.9 Å². The van der Waals surface area contributed by atoms with Crippen molar-refractivity contribution in [1.82, 2.24) is 23.8 Å². The van der Waals surface area contributed by atoms with Crippen LogP contribution in [0.5, 0.6) is 0 Å². The second-order valence-electron chi connectivity index (χ2n) is 8.16. The zero-order chi connectivity index (χ0) is 22.9. The number of amides is 1. The summed E-state index contributed by atoms with van der Waals surface area (Å²) in [6.07, 6.45) is 6.92. The number of carbonyl (C=O) groups excluding carboxylic acids is 1. The van der Waals surface area contributed by atoms with Crippen molar-refractivity contribution in [2.75, 3.05) is 24.7 Å². The van der Waals surface area contributed by atoms with Crippen LogP contribution in [0.15, 0.2) is 53.3 Å². The Kier molecular flexibility index (Phi) is 5.88. The normalized spacial score (nSPS) is 17.8. The second kappa shape index (κ2) is 8.97. The molecular formula is C23H24N6O3S. The summed E-state index contributed by atoms with van der Waals surface area (Å²) in [6, 6.07) is 11.2. The standard InChI is InChI=1S/C23H24N6O3S/c1-15-8-9-16(21-26-23(32-27-21)17-6-5-10-28(14-17)33(2)31)12-18(15)25-22(30)19-13-24-20-7-3-4-11-29(19)20/h3-4,7-9,11-13,17H,5-6,10,14H2,1-2H3,(H,25,30). The molecule has 2 unspecified atom stereocenters. The number of nitrogens with zero attached hydrogens (tertiary/aromatic N) is 5. The molecule has 1 saturated heterocycles. The highest BCUT2D eigenvalue weighted by molar-refractivity contribution is 7.88.